The van der Waals surface area contributed by atoms with E-state index in [0.717, 1.165) is 16.7 Å². The summed E-state index contributed by atoms with van der Waals surface area (Å²) in [4.78, 5) is 12.7. The predicted octanol–water partition coefficient (Wildman–Crippen LogP) is 4.96. The first-order chi connectivity index (χ1) is 12.3. The summed E-state index contributed by atoms with van der Waals surface area (Å²) >= 11 is 0. The number of benzene rings is 3. The molecule has 0 unspecified atom stereocenters. The molecule has 1 heterocycles. The van der Waals surface area contributed by atoms with Crippen molar-refractivity contribution >= 4 is 11.5 Å². The Bertz CT molecular complexity index is 857. The van der Waals surface area contributed by atoms with Gasteiger partial charge < -0.3 is 4.74 Å². The summed E-state index contributed by atoms with van der Waals surface area (Å²) in [5.74, 6) is 0.683. The van der Waals surface area contributed by atoms with Crippen LogP contribution in [0.15, 0.2) is 97.1 Å². The van der Waals surface area contributed by atoms with E-state index in [-0.39, 0.29) is 12.2 Å². The van der Waals surface area contributed by atoms with Crippen molar-refractivity contribution in [2.75, 3.05) is 0 Å². The van der Waals surface area contributed by atoms with E-state index in [0.29, 0.717) is 5.76 Å². The zero-order valence-corrected chi connectivity index (χ0v) is 13.8. The quantitative estimate of drug-likeness (QED) is 0.680. The van der Waals surface area contributed by atoms with Crippen molar-refractivity contribution in [2.45, 2.75) is 12.0 Å². The average molecular weight is 326 g/mol. The molecule has 0 saturated carbocycles. The molecule has 4 rings (SSSR count). The van der Waals surface area contributed by atoms with Gasteiger partial charge in [-0.05, 0) is 0 Å². The first kappa shape index (κ1) is 15.4. The number of hydrogen-bond donors (Lipinski definition) is 0. The van der Waals surface area contributed by atoms with Gasteiger partial charge >= 0.3 is 0 Å². The fourth-order valence-corrected chi connectivity index (χ4v) is 3.34. The summed E-state index contributed by atoms with van der Waals surface area (Å²) in [5, 5.41) is 0. The van der Waals surface area contributed by atoms with Crippen LogP contribution in [0.1, 0.15) is 23.1 Å². The third-order valence-corrected chi connectivity index (χ3v) is 4.54. The van der Waals surface area contributed by atoms with Crippen molar-refractivity contribution in [1.82, 2.24) is 0 Å². The summed E-state index contributed by atoms with van der Waals surface area (Å²) in [6, 6.07) is 29.7. The highest BCUT2D eigenvalue weighted by Crippen LogP contribution is 2.43. The molecule has 0 radical (unpaired) electrons. The topological polar surface area (TPSA) is 26.3 Å². The second-order valence-corrected chi connectivity index (χ2v) is 6.18. The van der Waals surface area contributed by atoms with Crippen LogP contribution in [-0.4, -0.2) is 5.78 Å². The Hall–Kier alpha value is -3.13. The van der Waals surface area contributed by atoms with E-state index in [9.17, 15) is 4.79 Å². The fraction of sp³-hybridized carbons (Fsp3) is 0.0870. The van der Waals surface area contributed by atoms with Crippen molar-refractivity contribution in [1.29, 1.82) is 0 Å². The van der Waals surface area contributed by atoms with Crippen LogP contribution in [0.2, 0.25) is 0 Å². The molecule has 0 fully saturated rings. The molecule has 0 aliphatic carbocycles. The number of allylic oxidation sites excluding steroid dienone is 1. The van der Waals surface area contributed by atoms with Crippen molar-refractivity contribution in [3.8, 4) is 0 Å². The van der Waals surface area contributed by atoms with Crippen LogP contribution in [0.4, 0.5) is 0 Å². The lowest BCUT2D eigenvalue weighted by molar-refractivity contribution is -0.120. The molecule has 25 heavy (non-hydrogen) atoms. The highest BCUT2D eigenvalue weighted by Gasteiger charge is 2.42. The molecule has 0 amide bonds. The highest BCUT2D eigenvalue weighted by atomic mass is 16.5. The minimum atomic E-state index is -0.806. The minimum absolute atomic E-state index is 0.0674. The molecule has 0 N–H and O–H groups in total. The van der Waals surface area contributed by atoms with Gasteiger partial charge in [0, 0.05) is 22.8 Å². The van der Waals surface area contributed by atoms with E-state index in [1.165, 1.54) is 0 Å². The maximum Gasteiger partial charge on any atom is 0.166 e. The van der Waals surface area contributed by atoms with Crippen molar-refractivity contribution in [3.05, 3.63) is 114 Å². The third kappa shape index (κ3) is 2.87. The fourth-order valence-electron chi connectivity index (χ4n) is 3.34. The van der Waals surface area contributed by atoms with Crippen LogP contribution in [0.25, 0.3) is 5.76 Å². The van der Waals surface area contributed by atoms with Crippen LogP contribution in [0.3, 0.4) is 0 Å². The van der Waals surface area contributed by atoms with E-state index in [2.05, 4.69) is 0 Å². The smallest absolute Gasteiger partial charge is 0.166 e. The number of carbonyl (C=O) groups is 1. The zero-order chi connectivity index (χ0) is 17.1. The van der Waals surface area contributed by atoms with Crippen molar-refractivity contribution in [3.63, 3.8) is 0 Å². The van der Waals surface area contributed by atoms with Gasteiger partial charge in [0.15, 0.2) is 11.4 Å². The Kier molecular flexibility index (Phi) is 3.95. The van der Waals surface area contributed by atoms with E-state index in [4.69, 9.17) is 4.74 Å². The van der Waals surface area contributed by atoms with Crippen LogP contribution in [-0.2, 0) is 15.1 Å². The Morgan fingerprint density at radius 1 is 0.680 bits per heavy atom. The molecule has 0 aromatic heterocycles. The number of rotatable bonds is 3. The number of ether oxygens (including phenoxy) is 1. The van der Waals surface area contributed by atoms with Gasteiger partial charge in [-0.1, -0.05) is 91.0 Å². The molecule has 0 saturated heterocycles. The Labute approximate surface area is 147 Å². The van der Waals surface area contributed by atoms with Gasteiger partial charge in [0.2, 0.25) is 0 Å². The first-order valence-electron chi connectivity index (χ1n) is 8.38. The van der Waals surface area contributed by atoms with Gasteiger partial charge in [0.25, 0.3) is 0 Å². The third-order valence-electron chi connectivity index (χ3n) is 4.54. The number of hydrogen-bond acceptors (Lipinski definition) is 2. The SMILES string of the molecule is O=C1C=C(c2ccccc2)OC(c2ccccc2)(c2ccccc2)C1. The van der Waals surface area contributed by atoms with Crippen LogP contribution in [0, 0.1) is 0 Å². The molecule has 3 aromatic rings. The Morgan fingerprint density at radius 2 is 1.16 bits per heavy atom. The molecule has 1 aliphatic heterocycles. The lowest BCUT2D eigenvalue weighted by atomic mass is 9.80. The molecule has 0 spiro atoms. The summed E-state index contributed by atoms with van der Waals surface area (Å²) < 4.78 is 6.54. The largest absolute Gasteiger partial charge is 0.477 e. The summed E-state index contributed by atoms with van der Waals surface area (Å²) in [7, 11) is 0. The minimum Gasteiger partial charge on any atom is -0.477 e. The molecule has 3 aromatic carbocycles. The van der Waals surface area contributed by atoms with Crippen molar-refractivity contribution in [2.24, 2.45) is 0 Å². The van der Waals surface area contributed by atoms with Gasteiger partial charge in [0.1, 0.15) is 5.76 Å². The molecule has 122 valence electrons. The van der Waals surface area contributed by atoms with Gasteiger partial charge in [-0.3, -0.25) is 4.79 Å². The standard InChI is InChI=1S/C23H18O2/c24-21-16-22(18-10-4-1-5-11-18)25-23(17-21,19-12-6-2-7-13-19)20-14-8-3-9-15-20/h1-16H,17H2. The van der Waals surface area contributed by atoms with E-state index in [1.54, 1.807) is 6.08 Å². The second-order valence-electron chi connectivity index (χ2n) is 6.18. The molecule has 0 bridgehead atoms. The second kappa shape index (κ2) is 6.40. The van der Waals surface area contributed by atoms with Gasteiger partial charge in [0.05, 0.1) is 6.42 Å². The molecule has 2 nitrogen and oxygen atoms in total. The van der Waals surface area contributed by atoms with Crippen LogP contribution >= 0.6 is 0 Å². The lowest BCUT2D eigenvalue weighted by Crippen LogP contribution is -2.36. The normalized spacial score (nSPS) is 16.0. The molecular weight excluding hydrogens is 308 g/mol. The zero-order valence-electron chi connectivity index (χ0n) is 13.8. The summed E-state index contributed by atoms with van der Waals surface area (Å²) in [5.41, 5.74) is 2.07. The number of carbonyl (C=O) groups excluding carboxylic acids is 1. The van der Waals surface area contributed by atoms with E-state index >= 15 is 0 Å². The number of ketones is 1. The Morgan fingerprint density at radius 3 is 1.68 bits per heavy atom. The molecule has 2 heteroatoms. The molecular formula is C23H18O2. The maximum atomic E-state index is 12.7. The van der Waals surface area contributed by atoms with E-state index < -0.39 is 5.60 Å². The summed E-state index contributed by atoms with van der Waals surface area (Å²) in [6.07, 6.45) is 1.90. The monoisotopic (exact) mass is 326 g/mol. The average Bonchev–Trinajstić information content (AvgIpc) is 2.69. The molecule has 1 aliphatic rings. The van der Waals surface area contributed by atoms with Gasteiger partial charge in [-0.25, -0.2) is 0 Å². The van der Waals surface area contributed by atoms with Gasteiger partial charge in [-0.15, -0.1) is 0 Å². The molecule has 0 atom stereocenters. The highest BCUT2D eigenvalue weighted by molar-refractivity contribution is 5.98. The van der Waals surface area contributed by atoms with Crippen LogP contribution < -0.4 is 0 Å². The Balaban J connectivity index is 1.88. The summed E-state index contributed by atoms with van der Waals surface area (Å²) in [6.45, 7) is 0. The predicted molar refractivity (Wildman–Crippen MR) is 98.8 cm³/mol. The van der Waals surface area contributed by atoms with E-state index in [1.807, 2.05) is 91.0 Å². The lowest BCUT2D eigenvalue weighted by Gasteiger charge is -2.38. The maximum absolute atomic E-state index is 12.7. The van der Waals surface area contributed by atoms with Crippen LogP contribution in [0.5, 0.6) is 0 Å². The van der Waals surface area contributed by atoms with Gasteiger partial charge in [-0.2, -0.15) is 0 Å². The first-order valence-corrected chi connectivity index (χ1v) is 8.38. The van der Waals surface area contributed by atoms with Crippen molar-refractivity contribution < 1.29 is 9.53 Å².